The van der Waals surface area contributed by atoms with Gasteiger partial charge in [0.25, 0.3) is 11.8 Å². The van der Waals surface area contributed by atoms with E-state index in [0.29, 0.717) is 21.9 Å². The van der Waals surface area contributed by atoms with Gasteiger partial charge in [-0.2, -0.15) is 0 Å². The highest BCUT2D eigenvalue weighted by molar-refractivity contribution is 6.39. The van der Waals surface area contributed by atoms with Crippen LogP contribution in [-0.4, -0.2) is 43.4 Å². The molecule has 1 saturated heterocycles. The fraction of sp³-hybridized carbons (Fsp3) is 0.200. The largest absolute Gasteiger partial charge is 0.390 e. The van der Waals surface area contributed by atoms with Crippen LogP contribution in [0.4, 0.5) is 0 Å². The summed E-state index contributed by atoms with van der Waals surface area (Å²) < 4.78 is 10.4. The molecule has 3 N–H and O–H groups in total. The average molecular weight is 439 g/mol. The minimum Gasteiger partial charge on any atom is -0.390 e. The molecule has 5 heterocycles. The van der Waals surface area contributed by atoms with Crippen molar-refractivity contribution in [3.05, 3.63) is 59.7 Å². The molecule has 162 valence electrons. The first-order valence-electron chi connectivity index (χ1n) is 10.9. The zero-order chi connectivity index (χ0) is 22.2. The first kappa shape index (κ1) is 17.8. The van der Waals surface area contributed by atoms with Crippen LogP contribution in [0.5, 0.6) is 0 Å². The van der Waals surface area contributed by atoms with Crippen molar-refractivity contribution in [3.63, 3.8) is 0 Å². The van der Waals surface area contributed by atoms with E-state index in [0.717, 1.165) is 32.8 Å². The number of fused-ring (bicyclic) bond motifs is 13. The number of amides is 2. The van der Waals surface area contributed by atoms with Gasteiger partial charge in [-0.1, -0.05) is 36.4 Å². The number of hydrogen-bond donors (Lipinski definition) is 3. The number of carbonyl (C=O) groups excluding carboxylic acids is 2. The van der Waals surface area contributed by atoms with E-state index in [1.807, 2.05) is 57.7 Å². The number of imide groups is 1. The van der Waals surface area contributed by atoms with E-state index in [2.05, 4.69) is 5.32 Å². The van der Waals surface area contributed by atoms with Crippen molar-refractivity contribution >= 4 is 55.4 Å². The Morgan fingerprint density at radius 2 is 1.36 bits per heavy atom. The lowest BCUT2D eigenvalue weighted by Gasteiger charge is -2.37. The predicted molar refractivity (Wildman–Crippen MR) is 120 cm³/mol. The van der Waals surface area contributed by atoms with Crippen molar-refractivity contribution < 1.29 is 24.5 Å². The van der Waals surface area contributed by atoms with Gasteiger partial charge in [-0.15, -0.1) is 0 Å². The summed E-state index contributed by atoms with van der Waals surface area (Å²) in [4.78, 5) is 26.2. The lowest BCUT2D eigenvalue weighted by atomic mass is 9.96. The van der Waals surface area contributed by atoms with E-state index in [4.69, 9.17) is 4.74 Å². The molecular weight excluding hydrogens is 422 g/mol. The lowest BCUT2D eigenvalue weighted by Crippen LogP contribution is -2.43. The quantitative estimate of drug-likeness (QED) is 0.322. The SMILES string of the molecule is O=C1NC(=O)c2c1c1c3ccccc3n3c1c1c2c2ccccc2n1[C@H]1O[C@@H]3C[C@@H](O)[C@H]1O. The number of nitrogens with one attached hydrogen (secondary N) is 1. The van der Waals surface area contributed by atoms with Crippen molar-refractivity contribution in [2.45, 2.75) is 31.1 Å². The number of benzene rings is 3. The van der Waals surface area contributed by atoms with Gasteiger partial charge in [-0.25, -0.2) is 0 Å². The van der Waals surface area contributed by atoms with E-state index in [-0.39, 0.29) is 6.42 Å². The molecule has 33 heavy (non-hydrogen) atoms. The summed E-state index contributed by atoms with van der Waals surface area (Å²) in [5, 5.41) is 27.3. The molecule has 3 aliphatic rings. The van der Waals surface area contributed by atoms with Crippen LogP contribution in [0.1, 0.15) is 39.6 Å². The van der Waals surface area contributed by atoms with Crippen LogP contribution in [-0.2, 0) is 4.74 Å². The third kappa shape index (κ3) is 1.87. The summed E-state index contributed by atoms with van der Waals surface area (Å²) in [6, 6.07) is 15.3. The Labute approximate surface area is 185 Å². The van der Waals surface area contributed by atoms with Gasteiger partial charge in [-0.05, 0) is 12.1 Å². The monoisotopic (exact) mass is 439 g/mol. The molecule has 8 heteroatoms. The molecule has 2 amide bonds. The Hall–Kier alpha value is -3.72. The highest BCUT2D eigenvalue weighted by Gasteiger charge is 2.45. The van der Waals surface area contributed by atoms with E-state index in [1.54, 1.807) is 0 Å². The van der Waals surface area contributed by atoms with Crippen LogP contribution in [0, 0.1) is 0 Å². The van der Waals surface area contributed by atoms with Crippen molar-refractivity contribution in [1.82, 2.24) is 14.5 Å². The van der Waals surface area contributed by atoms with E-state index < -0.39 is 36.5 Å². The van der Waals surface area contributed by atoms with Crippen molar-refractivity contribution in [1.29, 1.82) is 0 Å². The number of aliphatic hydroxyl groups is 2. The fourth-order valence-electron chi connectivity index (χ4n) is 6.21. The standard InChI is InChI=1S/C25H17N3O5/c29-14-9-15-27-12-7-3-1-5-10(12)16-18-19(24(32)26-23(18)31)17-11-6-2-4-8-13(11)28(21(17)20(16)27)25(33-15)22(14)30/h1-8,14-15,22,25,29-30H,9H2,(H,26,31,32)/t14-,15-,22-,25+/m1/s1. The molecule has 2 bridgehead atoms. The number of carbonyl (C=O) groups is 2. The second-order valence-corrected chi connectivity index (χ2v) is 9.03. The molecule has 8 nitrogen and oxygen atoms in total. The number of nitrogens with zero attached hydrogens (tertiary/aromatic N) is 2. The van der Waals surface area contributed by atoms with E-state index >= 15 is 0 Å². The van der Waals surface area contributed by atoms with Crippen LogP contribution in [0.25, 0.3) is 43.6 Å². The first-order chi connectivity index (χ1) is 16.1. The smallest absolute Gasteiger partial charge is 0.259 e. The number of aromatic nitrogens is 2. The number of para-hydroxylation sites is 2. The summed E-state index contributed by atoms with van der Waals surface area (Å²) in [6.45, 7) is 0. The van der Waals surface area contributed by atoms with Gasteiger partial charge in [0.15, 0.2) is 6.23 Å². The highest BCUT2D eigenvalue weighted by Crippen LogP contribution is 2.51. The molecule has 0 unspecified atom stereocenters. The first-order valence-corrected chi connectivity index (χ1v) is 10.9. The average Bonchev–Trinajstić information content (AvgIpc) is 3.40. The van der Waals surface area contributed by atoms with Crippen molar-refractivity contribution in [2.24, 2.45) is 0 Å². The summed E-state index contributed by atoms with van der Waals surface area (Å²) in [5.41, 5.74) is 3.85. The number of aliphatic hydroxyl groups excluding tert-OH is 2. The topological polar surface area (TPSA) is 106 Å². The molecule has 4 atom stereocenters. The van der Waals surface area contributed by atoms with Gasteiger partial charge in [0.1, 0.15) is 12.3 Å². The zero-order valence-corrected chi connectivity index (χ0v) is 17.1. The maximum Gasteiger partial charge on any atom is 0.259 e. The zero-order valence-electron chi connectivity index (χ0n) is 17.1. The van der Waals surface area contributed by atoms with Crippen molar-refractivity contribution in [3.8, 4) is 0 Å². The summed E-state index contributed by atoms with van der Waals surface area (Å²) in [6.07, 6.45) is -3.32. The molecule has 3 aromatic carbocycles. The van der Waals surface area contributed by atoms with Crippen LogP contribution >= 0.6 is 0 Å². The second kappa shape index (κ2) is 5.60. The lowest BCUT2D eigenvalue weighted by molar-refractivity contribution is -0.213. The molecular formula is C25H17N3O5. The van der Waals surface area contributed by atoms with Crippen LogP contribution in [0.15, 0.2) is 48.5 Å². The molecule has 8 rings (SSSR count). The molecule has 0 aliphatic carbocycles. The maximum atomic E-state index is 13.1. The minimum atomic E-state index is -1.14. The Morgan fingerprint density at radius 3 is 2.00 bits per heavy atom. The Bertz CT molecular complexity index is 1750. The van der Waals surface area contributed by atoms with Gasteiger partial charge in [-0.3, -0.25) is 14.9 Å². The van der Waals surface area contributed by atoms with Gasteiger partial charge >= 0.3 is 0 Å². The van der Waals surface area contributed by atoms with Crippen LogP contribution in [0.3, 0.4) is 0 Å². The van der Waals surface area contributed by atoms with E-state index in [1.165, 1.54) is 0 Å². The number of hydrogen-bond acceptors (Lipinski definition) is 5. The summed E-state index contributed by atoms with van der Waals surface area (Å²) >= 11 is 0. The fourth-order valence-corrected chi connectivity index (χ4v) is 6.21. The van der Waals surface area contributed by atoms with Crippen LogP contribution in [0.2, 0.25) is 0 Å². The molecule has 3 aliphatic heterocycles. The molecule has 0 saturated carbocycles. The van der Waals surface area contributed by atoms with Crippen LogP contribution < -0.4 is 5.32 Å². The number of rotatable bonds is 0. The second-order valence-electron chi connectivity index (χ2n) is 9.03. The number of ether oxygens (including phenoxy) is 1. The third-order valence-corrected chi connectivity index (χ3v) is 7.45. The Balaban J connectivity index is 1.77. The third-order valence-electron chi connectivity index (χ3n) is 7.45. The predicted octanol–water partition coefficient (Wildman–Crippen LogP) is 2.94. The van der Waals surface area contributed by atoms with Gasteiger partial charge in [0, 0.05) is 28.0 Å². The maximum absolute atomic E-state index is 13.1. The van der Waals surface area contributed by atoms with Gasteiger partial charge in [0.05, 0.1) is 39.3 Å². The highest BCUT2D eigenvalue weighted by atomic mass is 16.5. The van der Waals surface area contributed by atoms with Gasteiger partial charge in [0.2, 0.25) is 0 Å². The molecule has 0 spiro atoms. The summed E-state index contributed by atoms with van der Waals surface area (Å²) in [5.74, 6) is -0.838. The minimum absolute atomic E-state index is 0.206. The molecule has 0 radical (unpaired) electrons. The van der Waals surface area contributed by atoms with Gasteiger partial charge < -0.3 is 24.1 Å². The Kier molecular flexibility index (Phi) is 3.02. The van der Waals surface area contributed by atoms with Crippen molar-refractivity contribution in [2.75, 3.05) is 0 Å². The Morgan fingerprint density at radius 1 is 0.818 bits per heavy atom. The summed E-state index contributed by atoms with van der Waals surface area (Å²) in [7, 11) is 0. The normalized spacial score (nSPS) is 26.0. The molecule has 1 fully saturated rings. The molecule has 5 aromatic rings. The van der Waals surface area contributed by atoms with E-state index in [9.17, 15) is 19.8 Å². The molecule has 2 aromatic heterocycles.